The van der Waals surface area contributed by atoms with Gasteiger partial charge in [-0.15, -0.1) is 0 Å². The molecule has 0 spiro atoms. The SMILES string of the molecule is Cc1ccnc(N2C[C@H](CC(=O)O)[C@H](c3cccc(OCc4nc(-c5ccccc5)no4)c3)C2)n1. The molecule has 1 aliphatic rings. The molecule has 0 amide bonds. The fraction of sp³-hybridized carbons (Fsp3) is 0.269. The Bertz CT molecular complexity index is 1310. The second kappa shape index (κ2) is 9.92. The molecule has 9 nitrogen and oxygen atoms in total. The summed E-state index contributed by atoms with van der Waals surface area (Å²) in [7, 11) is 0. The number of aryl methyl sites for hydroxylation is 1. The predicted molar refractivity (Wildman–Crippen MR) is 128 cm³/mol. The topological polar surface area (TPSA) is 114 Å². The van der Waals surface area contributed by atoms with E-state index in [2.05, 4.69) is 25.0 Å². The number of carboxylic acids is 1. The molecule has 0 unspecified atom stereocenters. The summed E-state index contributed by atoms with van der Waals surface area (Å²) in [5, 5.41) is 13.5. The van der Waals surface area contributed by atoms with Crippen molar-refractivity contribution in [3.8, 4) is 17.1 Å². The number of aliphatic carboxylic acids is 1. The predicted octanol–water partition coefficient (Wildman–Crippen LogP) is 4.11. The first kappa shape index (κ1) is 22.5. The van der Waals surface area contributed by atoms with Crippen LogP contribution in [0.4, 0.5) is 5.95 Å². The fourth-order valence-electron chi connectivity index (χ4n) is 4.43. The Hall–Kier alpha value is -4.27. The van der Waals surface area contributed by atoms with E-state index in [4.69, 9.17) is 9.26 Å². The van der Waals surface area contributed by atoms with Crippen LogP contribution in [-0.4, -0.2) is 44.3 Å². The van der Waals surface area contributed by atoms with Crippen molar-refractivity contribution in [2.45, 2.75) is 25.9 Å². The van der Waals surface area contributed by atoms with Gasteiger partial charge < -0.3 is 19.3 Å². The molecular weight excluding hydrogens is 446 g/mol. The van der Waals surface area contributed by atoms with Gasteiger partial charge in [-0.3, -0.25) is 4.79 Å². The first-order chi connectivity index (χ1) is 17.0. The molecule has 5 rings (SSSR count). The maximum atomic E-state index is 11.6. The summed E-state index contributed by atoms with van der Waals surface area (Å²) in [5.74, 6) is 1.29. The van der Waals surface area contributed by atoms with Crippen LogP contribution in [0.3, 0.4) is 0 Å². The molecule has 3 heterocycles. The van der Waals surface area contributed by atoms with Crippen LogP contribution in [-0.2, 0) is 11.4 Å². The van der Waals surface area contributed by atoms with Crippen LogP contribution in [0, 0.1) is 12.8 Å². The zero-order valence-electron chi connectivity index (χ0n) is 19.2. The van der Waals surface area contributed by atoms with Crippen LogP contribution in [0.1, 0.15) is 29.5 Å². The molecule has 0 saturated carbocycles. The monoisotopic (exact) mass is 471 g/mol. The van der Waals surface area contributed by atoms with Crippen molar-refractivity contribution >= 4 is 11.9 Å². The molecule has 0 radical (unpaired) electrons. The Morgan fingerprint density at radius 1 is 1.11 bits per heavy atom. The summed E-state index contributed by atoms with van der Waals surface area (Å²) in [6.45, 7) is 3.26. The van der Waals surface area contributed by atoms with Crippen molar-refractivity contribution in [3.05, 3.63) is 84.0 Å². The molecule has 9 heteroatoms. The van der Waals surface area contributed by atoms with Gasteiger partial charge in [-0.2, -0.15) is 4.98 Å². The third kappa shape index (κ3) is 5.29. The highest BCUT2D eigenvalue weighted by Crippen LogP contribution is 2.37. The van der Waals surface area contributed by atoms with E-state index < -0.39 is 5.97 Å². The highest BCUT2D eigenvalue weighted by molar-refractivity contribution is 5.67. The Labute approximate surface area is 202 Å². The number of rotatable bonds is 8. The van der Waals surface area contributed by atoms with Gasteiger partial charge >= 0.3 is 5.97 Å². The number of aromatic nitrogens is 4. The molecule has 2 aromatic carbocycles. The zero-order chi connectivity index (χ0) is 24.2. The van der Waals surface area contributed by atoms with Crippen molar-refractivity contribution in [1.82, 2.24) is 20.1 Å². The van der Waals surface area contributed by atoms with Gasteiger partial charge in [-0.25, -0.2) is 9.97 Å². The van der Waals surface area contributed by atoms with E-state index in [1.54, 1.807) is 6.20 Å². The Kier molecular flexibility index (Phi) is 6.38. The molecule has 4 aromatic rings. The van der Waals surface area contributed by atoms with Gasteiger partial charge in [0, 0.05) is 36.5 Å². The smallest absolute Gasteiger partial charge is 0.303 e. The van der Waals surface area contributed by atoms with Gasteiger partial charge in [0.2, 0.25) is 11.8 Å². The van der Waals surface area contributed by atoms with E-state index in [1.807, 2.05) is 67.6 Å². The third-order valence-corrected chi connectivity index (χ3v) is 6.09. The molecule has 1 aliphatic heterocycles. The molecule has 1 saturated heterocycles. The fourth-order valence-corrected chi connectivity index (χ4v) is 4.43. The molecule has 0 bridgehead atoms. The molecule has 178 valence electrons. The lowest BCUT2D eigenvalue weighted by Crippen LogP contribution is -2.22. The first-order valence-corrected chi connectivity index (χ1v) is 11.4. The van der Waals surface area contributed by atoms with Crippen LogP contribution in [0.15, 0.2) is 71.4 Å². The first-order valence-electron chi connectivity index (χ1n) is 11.4. The molecule has 1 fully saturated rings. The quantitative estimate of drug-likeness (QED) is 0.405. The van der Waals surface area contributed by atoms with Crippen LogP contribution < -0.4 is 9.64 Å². The van der Waals surface area contributed by atoms with E-state index in [9.17, 15) is 9.90 Å². The minimum absolute atomic E-state index is 0.00634. The Morgan fingerprint density at radius 2 is 1.97 bits per heavy atom. The van der Waals surface area contributed by atoms with Gasteiger partial charge in [0.1, 0.15) is 5.75 Å². The largest absolute Gasteiger partial charge is 0.484 e. The van der Waals surface area contributed by atoms with E-state index in [0.29, 0.717) is 36.5 Å². The molecule has 0 aliphatic carbocycles. The second-order valence-corrected chi connectivity index (χ2v) is 8.61. The molecule has 2 atom stereocenters. The number of hydrogen-bond acceptors (Lipinski definition) is 8. The van der Waals surface area contributed by atoms with E-state index in [-0.39, 0.29) is 24.9 Å². The third-order valence-electron chi connectivity index (χ3n) is 6.09. The number of carboxylic acid groups (broad SMARTS) is 1. The van der Waals surface area contributed by atoms with E-state index in [1.165, 1.54) is 0 Å². The van der Waals surface area contributed by atoms with Gasteiger partial charge in [0.25, 0.3) is 5.89 Å². The van der Waals surface area contributed by atoms with E-state index >= 15 is 0 Å². The number of carbonyl (C=O) groups is 1. The average molecular weight is 472 g/mol. The van der Waals surface area contributed by atoms with Crippen LogP contribution >= 0.6 is 0 Å². The average Bonchev–Trinajstić information content (AvgIpc) is 3.51. The number of nitrogens with zero attached hydrogens (tertiary/aromatic N) is 5. The van der Waals surface area contributed by atoms with Crippen molar-refractivity contribution in [1.29, 1.82) is 0 Å². The highest BCUT2D eigenvalue weighted by Gasteiger charge is 2.36. The number of hydrogen-bond donors (Lipinski definition) is 1. The van der Waals surface area contributed by atoms with Crippen molar-refractivity contribution < 1.29 is 19.2 Å². The highest BCUT2D eigenvalue weighted by atomic mass is 16.5. The molecule has 2 aromatic heterocycles. The lowest BCUT2D eigenvalue weighted by Gasteiger charge is -2.18. The van der Waals surface area contributed by atoms with Crippen molar-refractivity contribution in [2.75, 3.05) is 18.0 Å². The lowest BCUT2D eigenvalue weighted by molar-refractivity contribution is -0.138. The van der Waals surface area contributed by atoms with Crippen LogP contribution in [0.5, 0.6) is 5.75 Å². The zero-order valence-corrected chi connectivity index (χ0v) is 19.2. The summed E-state index contributed by atoms with van der Waals surface area (Å²) in [5.41, 5.74) is 2.76. The van der Waals surface area contributed by atoms with Gasteiger partial charge in [-0.05, 0) is 36.6 Å². The Morgan fingerprint density at radius 3 is 2.77 bits per heavy atom. The maximum Gasteiger partial charge on any atom is 0.303 e. The summed E-state index contributed by atoms with van der Waals surface area (Å²) in [6.07, 6.45) is 1.80. The standard InChI is InChI=1S/C26H25N5O4/c1-17-10-11-27-26(28-17)31-14-20(13-24(32)33)22(15-31)19-8-5-9-21(12-19)34-16-23-29-25(30-35-23)18-6-3-2-4-7-18/h2-12,20,22H,13-16H2,1H3,(H,32,33)/t20-,22-/m0/s1. The minimum atomic E-state index is -0.815. The lowest BCUT2D eigenvalue weighted by atomic mass is 9.87. The number of benzene rings is 2. The Balaban J connectivity index is 1.30. The van der Waals surface area contributed by atoms with Crippen LogP contribution in [0.25, 0.3) is 11.4 Å². The van der Waals surface area contributed by atoms with Crippen molar-refractivity contribution in [3.63, 3.8) is 0 Å². The molecular formula is C26H25N5O4. The van der Waals surface area contributed by atoms with E-state index in [0.717, 1.165) is 16.8 Å². The number of ether oxygens (including phenoxy) is 1. The summed E-state index contributed by atoms with van der Waals surface area (Å²) < 4.78 is 11.3. The maximum absolute atomic E-state index is 11.6. The number of anilines is 1. The van der Waals surface area contributed by atoms with Gasteiger partial charge in [-0.1, -0.05) is 47.6 Å². The minimum Gasteiger partial charge on any atom is -0.484 e. The van der Waals surface area contributed by atoms with Gasteiger partial charge in [0.15, 0.2) is 6.61 Å². The van der Waals surface area contributed by atoms with Crippen LogP contribution in [0.2, 0.25) is 0 Å². The van der Waals surface area contributed by atoms with Gasteiger partial charge in [0.05, 0.1) is 6.42 Å². The molecule has 1 N–H and O–H groups in total. The van der Waals surface area contributed by atoms with Crippen molar-refractivity contribution in [2.24, 2.45) is 5.92 Å². The molecule has 35 heavy (non-hydrogen) atoms. The summed E-state index contributed by atoms with van der Waals surface area (Å²) in [4.78, 5) is 26.9. The normalized spacial score (nSPS) is 17.5. The summed E-state index contributed by atoms with van der Waals surface area (Å²) in [6, 6.07) is 19.2. The second-order valence-electron chi connectivity index (χ2n) is 8.61. The summed E-state index contributed by atoms with van der Waals surface area (Å²) >= 11 is 0.